The standard InChI is InChI=1S/C18H18Cl2N2O3/c19-13-3-1-2-12(8-13)16(23)17(15-7-6-14(20)10-21-15)25-18(24)22-9-11-4-5-11/h1-3,6-8,10-11,16-17,23H,4-5,9H2,(H,22,24)/t16-,17-/m1/s1. The quantitative estimate of drug-likeness (QED) is 0.783. The van der Waals surface area contributed by atoms with E-state index in [1.807, 2.05) is 0 Å². The molecular formula is C18H18Cl2N2O3. The van der Waals surface area contributed by atoms with Crippen LogP contribution in [0.2, 0.25) is 10.0 Å². The van der Waals surface area contributed by atoms with Crippen molar-refractivity contribution in [2.75, 3.05) is 6.54 Å². The maximum Gasteiger partial charge on any atom is 0.407 e. The highest BCUT2D eigenvalue weighted by Crippen LogP contribution is 2.33. The van der Waals surface area contributed by atoms with Crippen LogP contribution in [0.15, 0.2) is 42.6 Å². The lowest BCUT2D eigenvalue weighted by Crippen LogP contribution is -2.30. The summed E-state index contributed by atoms with van der Waals surface area (Å²) in [5, 5.41) is 14.4. The second-order valence-corrected chi connectivity index (χ2v) is 6.92. The number of ether oxygens (including phenoxy) is 1. The highest BCUT2D eigenvalue weighted by Gasteiger charge is 2.29. The van der Waals surface area contributed by atoms with E-state index in [1.165, 1.54) is 6.20 Å². The Labute approximate surface area is 155 Å². The number of hydrogen-bond donors (Lipinski definition) is 2. The Morgan fingerprint density at radius 2 is 2.08 bits per heavy atom. The molecule has 25 heavy (non-hydrogen) atoms. The van der Waals surface area contributed by atoms with Gasteiger partial charge in [-0.15, -0.1) is 0 Å². The van der Waals surface area contributed by atoms with Crippen LogP contribution in [0.5, 0.6) is 0 Å². The Balaban J connectivity index is 1.79. The average molecular weight is 381 g/mol. The van der Waals surface area contributed by atoms with Gasteiger partial charge in [0.05, 0.1) is 10.7 Å². The lowest BCUT2D eigenvalue weighted by atomic mass is 10.0. The smallest absolute Gasteiger partial charge is 0.407 e. The van der Waals surface area contributed by atoms with Gasteiger partial charge in [0.1, 0.15) is 6.10 Å². The number of aliphatic hydroxyl groups is 1. The van der Waals surface area contributed by atoms with Gasteiger partial charge in [0.2, 0.25) is 0 Å². The molecule has 1 saturated carbocycles. The van der Waals surface area contributed by atoms with Gasteiger partial charge < -0.3 is 15.2 Å². The second kappa shape index (κ2) is 8.04. The summed E-state index contributed by atoms with van der Waals surface area (Å²) < 4.78 is 5.46. The molecule has 1 amide bonds. The Kier molecular flexibility index (Phi) is 5.78. The fraction of sp³-hybridized carbons (Fsp3) is 0.333. The molecule has 0 radical (unpaired) electrons. The molecule has 2 aromatic rings. The summed E-state index contributed by atoms with van der Waals surface area (Å²) in [7, 11) is 0. The first-order chi connectivity index (χ1) is 12.0. The molecule has 7 heteroatoms. The molecule has 2 N–H and O–H groups in total. The number of benzene rings is 1. The third-order valence-electron chi connectivity index (χ3n) is 3.98. The minimum Gasteiger partial charge on any atom is -0.437 e. The van der Waals surface area contributed by atoms with Crippen LogP contribution >= 0.6 is 23.2 Å². The molecule has 0 spiro atoms. The summed E-state index contributed by atoms with van der Waals surface area (Å²) in [6.45, 7) is 0.576. The summed E-state index contributed by atoms with van der Waals surface area (Å²) in [6.07, 6.45) is 1.00. The zero-order valence-electron chi connectivity index (χ0n) is 13.4. The van der Waals surface area contributed by atoms with E-state index in [4.69, 9.17) is 27.9 Å². The number of hydrogen-bond acceptors (Lipinski definition) is 4. The van der Waals surface area contributed by atoms with Crippen LogP contribution in [0.4, 0.5) is 4.79 Å². The molecule has 0 saturated heterocycles. The van der Waals surface area contributed by atoms with Gasteiger partial charge >= 0.3 is 6.09 Å². The number of aromatic nitrogens is 1. The Hall–Kier alpha value is -1.82. The van der Waals surface area contributed by atoms with Crippen LogP contribution in [-0.4, -0.2) is 22.7 Å². The van der Waals surface area contributed by atoms with E-state index in [9.17, 15) is 9.90 Å². The van der Waals surface area contributed by atoms with E-state index in [0.29, 0.717) is 33.8 Å². The van der Waals surface area contributed by atoms with E-state index in [1.54, 1.807) is 36.4 Å². The normalized spacial score (nSPS) is 16.1. The SMILES string of the molecule is O=C(NCC1CC1)O[C@H](c1ccc(Cl)cn1)[C@H](O)c1cccc(Cl)c1. The molecule has 1 aliphatic carbocycles. The van der Waals surface area contributed by atoms with Crippen molar-refractivity contribution in [2.45, 2.75) is 25.0 Å². The van der Waals surface area contributed by atoms with Gasteiger partial charge in [0.15, 0.2) is 6.10 Å². The Morgan fingerprint density at radius 1 is 1.28 bits per heavy atom. The molecule has 132 valence electrons. The maximum atomic E-state index is 12.1. The number of nitrogens with zero attached hydrogens (tertiary/aromatic N) is 1. The van der Waals surface area contributed by atoms with Gasteiger partial charge in [-0.1, -0.05) is 35.3 Å². The van der Waals surface area contributed by atoms with Crippen molar-refractivity contribution in [1.82, 2.24) is 10.3 Å². The van der Waals surface area contributed by atoms with Crippen molar-refractivity contribution in [3.8, 4) is 0 Å². The van der Waals surface area contributed by atoms with Crippen LogP contribution in [0.25, 0.3) is 0 Å². The number of nitrogens with one attached hydrogen (secondary N) is 1. The van der Waals surface area contributed by atoms with E-state index in [-0.39, 0.29) is 0 Å². The van der Waals surface area contributed by atoms with Crippen molar-refractivity contribution >= 4 is 29.3 Å². The molecule has 0 aliphatic heterocycles. The lowest BCUT2D eigenvalue weighted by Gasteiger charge is -2.23. The van der Waals surface area contributed by atoms with Crippen LogP contribution < -0.4 is 5.32 Å². The first-order valence-corrected chi connectivity index (χ1v) is 8.78. The predicted molar refractivity (Wildman–Crippen MR) is 95.6 cm³/mol. The zero-order valence-corrected chi connectivity index (χ0v) is 14.9. The number of amides is 1. The highest BCUT2D eigenvalue weighted by atomic mass is 35.5. The number of carbonyl (C=O) groups is 1. The maximum absolute atomic E-state index is 12.1. The Bertz CT molecular complexity index is 735. The number of rotatable bonds is 6. The van der Waals surface area contributed by atoms with Gasteiger partial charge in [-0.3, -0.25) is 4.98 Å². The van der Waals surface area contributed by atoms with Gasteiger partial charge in [0.25, 0.3) is 0 Å². The van der Waals surface area contributed by atoms with Gasteiger partial charge in [-0.05, 0) is 48.6 Å². The van der Waals surface area contributed by atoms with Crippen LogP contribution in [0.1, 0.15) is 36.3 Å². The van der Waals surface area contributed by atoms with E-state index in [2.05, 4.69) is 10.3 Å². The van der Waals surface area contributed by atoms with Crippen LogP contribution in [0.3, 0.4) is 0 Å². The topological polar surface area (TPSA) is 71.5 Å². The van der Waals surface area contributed by atoms with E-state index >= 15 is 0 Å². The molecular weight excluding hydrogens is 363 g/mol. The third-order valence-corrected chi connectivity index (χ3v) is 4.44. The average Bonchev–Trinajstić information content (AvgIpc) is 3.43. The van der Waals surface area contributed by atoms with Gasteiger partial charge in [0, 0.05) is 17.8 Å². The molecule has 1 aliphatic rings. The summed E-state index contributed by atoms with van der Waals surface area (Å²) in [6, 6.07) is 10.0. The largest absolute Gasteiger partial charge is 0.437 e. The molecule has 0 bridgehead atoms. The number of carbonyl (C=O) groups excluding carboxylic acids is 1. The predicted octanol–water partition coefficient (Wildman–Crippen LogP) is 4.30. The summed E-state index contributed by atoms with van der Waals surface area (Å²) in [4.78, 5) is 16.3. The van der Waals surface area contributed by atoms with E-state index in [0.717, 1.165) is 12.8 Å². The van der Waals surface area contributed by atoms with E-state index < -0.39 is 18.3 Å². The zero-order chi connectivity index (χ0) is 17.8. The minimum absolute atomic E-state index is 0.401. The summed E-state index contributed by atoms with van der Waals surface area (Å²) in [5.41, 5.74) is 0.933. The molecule has 1 aromatic heterocycles. The third kappa shape index (κ3) is 5.08. The fourth-order valence-corrected chi connectivity index (χ4v) is 2.72. The van der Waals surface area contributed by atoms with Crippen LogP contribution in [-0.2, 0) is 4.74 Å². The summed E-state index contributed by atoms with van der Waals surface area (Å²) >= 11 is 11.9. The molecule has 5 nitrogen and oxygen atoms in total. The van der Waals surface area contributed by atoms with Crippen molar-refractivity contribution in [3.05, 3.63) is 63.9 Å². The Morgan fingerprint density at radius 3 is 2.72 bits per heavy atom. The van der Waals surface area contributed by atoms with Crippen molar-refractivity contribution in [2.24, 2.45) is 5.92 Å². The molecule has 2 atom stereocenters. The number of halogens is 2. The lowest BCUT2D eigenvalue weighted by molar-refractivity contribution is -0.00234. The minimum atomic E-state index is -1.11. The van der Waals surface area contributed by atoms with Crippen LogP contribution in [0, 0.1) is 5.92 Å². The van der Waals surface area contributed by atoms with Crippen molar-refractivity contribution < 1.29 is 14.6 Å². The van der Waals surface area contributed by atoms with Crippen molar-refractivity contribution in [1.29, 1.82) is 0 Å². The fourth-order valence-electron chi connectivity index (χ4n) is 2.41. The molecule has 3 rings (SSSR count). The molecule has 1 aromatic carbocycles. The number of pyridine rings is 1. The molecule has 1 fully saturated rings. The van der Waals surface area contributed by atoms with Gasteiger partial charge in [-0.25, -0.2) is 4.79 Å². The van der Waals surface area contributed by atoms with Crippen molar-refractivity contribution in [3.63, 3.8) is 0 Å². The monoisotopic (exact) mass is 380 g/mol. The number of aliphatic hydroxyl groups excluding tert-OH is 1. The first-order valence-electron chi connectivity index (χ1n) is 8.02. The summed E-state index contributed by atoms with van der Waals surface area (Å²) in [5.74, 6) is 0.525. The first kappa shape index (κ1) is 18.0. The van der Waals surface area contributed by atoms with Gasteiger partial charge in [-0.2, -0.15) is 0 Å². The molecule has 1 heterocycles. The molecule has 0 unspecified atom stereocenters. The highest BCUT2D eigenvalue weighted by molar-refractivity contribution is 6.30. The second-order valence-electron chi connectivity index (χ2n) is 6.05. The number of alkyl carbamates (subject to hydrolysis) is 1.